The maximum Gasteiger partial charge on any atom is 0.246 e. The van der Waals surface area contributed by atoms with Gasteiger partial charge in [-0.3, -0.25) is 4.79 Å². The van der Waals surface area contributed by atoms with Gasteiger partial charge in [-0.25, -0.2) is 0 Å². The van der Waals surface area contributed by atoms with Crippen LogP contribution < -0.4 is 10.6 Å². The van der Waals surface area contributed by atoms with Crippen molar-refractivity contribution >= 4 is 21.8 Å². The zero-order valence-electron chi connectivity index (χ0n) is 10.8. The van der Waals surface area contributed by atoms with Gasteiger partial charge in [0.1, 0.15) is 6.61 Å². The van der Waals surface area contributed by atoms with Crippen molar-refractivity contribution < 1.29 is 9.53 Å². The normalized spacial score (nSPS) is 16.3. The lowest BCUT2D eigenvalue weighted by Gasteiger charge is -2.22. The van der Waals surface area contributed by atoms with Crippen molar-refractivity contribution in [3.8, 4) is 0 Å². The quantitative estimate of drug-likeness (QED) is 0.868. The summed E-state index contributed by atoms with van der Waals surface area (Å²) in [5.41, 5.74) is 1.07. The Balaban J connectivity index is 1.68. The molecular weight excluding hydrogens is 308 g/mol. The second-order valence-corrected chi connectivity index (χ2v) is 5.48. The van der Waals surface area contributed by atoms with Crippen molar-refractivity contribution in [3.05, 3.63) is 34.3 Å². The van der Waals surface area contributed by atoms with Crippen molar-refractivity contribution in [2.75, 3.05) is 19.7 Å². The van der Waals surface area contributed by atoms with Crippen LogP contribution in [0, 0.1) is 0 Å². The van der Waals surface area contributed by atoms with E-state index < -0.39 is 0 Å². The van der Waals surface area contributed by atoms with Crippen LogP contribution in [-0.2, 0) is 16.1 Å². The second-order valence-electron chi connectivity index (χ2n) is 4.63. The van der Waals surface area contributed by atoms with Gasteiger partial charge in [-0.1, -0.05) is 34.1 Å². The summed E-state index contributed by atoms with van der Waals surface area (Å²) in [6, 6.07) is 7.86. The third-order valence-corrected chi connectivity index (χ3v) is 3.94. The minimum absolute atomic E-state index is 0.0608. The molecule has 0 aromatic heterocycles. The summed E-state index contributed by atoms with van der Waals surface area (Å²) in [5, 5.41) is 6.14. The van der Waals surface area contributed by atoms with E-state index in [1.165, 1.54) is 0 Å². The molecule has 0 radical (unpaired) electrons. The molecule has 1 aromatic carbocycles. The highest BCUT2D eigenvalue weighted by molar-refractivity contribution is 9.10. The molecule has 1 aliphatic heterocycles. The Morgan fingerprint density at radius 3 is 2.84 bits per heavy atom. The van der Waals surface area contributed by atoms with Gasteiger partial charge in [-0.15, -0.1) is 0 Å². The predicted octanol–water partition coefficient (Wildman–Crippen LogP) is 1.83. The molecule has 0 atom stereocenters. The first-order valence-electron chi connectivity index (χ1n) is 6.58. The molecule has 1 amide bonds. The molecule has 2 rings (SSSR count). The van der Waals surface area contributed by atoms with Gasteiger partial charge in [0.15, 0.2) is 0 Å². The van der Waals surface area contributed by atoms with Gasteiger partial charge in [0.05, 0.1) is 6.10 Å². The van der Waals surface area contributed by atoms with E-state index >= 15 is 0 Å². The third kappa shape index (κ3) is 4.93. The maximum absolute atomic E-state index is 11.7. The molecule has 0 spiro atoms. The van der Waals surface area contributed by atoms with Crippen LogP contribution in [0.2, 0.25) is 0 Å². The number of rotatable bonds is 5. The van der Waals surface area contributed by atoms with E-state index in [1.54, 1.807) is 0 Å². The highest BCUT2D eigenvalue weighted by Gasteiger charge is 2.14. The summed E-state index contributed by atoms with van der Waals surface area (Å²) >= 11 is 3.46. The van der Waals surface area contributed by atoms with E-state index in [1.807, 2.05) is 24.3 Å². The predicted molar refractivity (Wildman–Crippen MR) is 77.8 cm³/mol. The molecule has 19 heavy (non-hydrogen) atoms. The van der Waals surface area contributed by atoms with E-state index in [2.05, 4.69) is 26.6 Å². The fourth-order valence-electron chi connectivity index (χ4n) is 2.04. The Hall–Kier alpha value is -0.910. The summed E-state index contributed by atoms with van der Waals surface area (Å²) < 4.78 is 6.61. The van der Waals surface area contributed by atoms with Crippen molar-refractivity contribution in [2.24, 2.45) is 0 Å². The standard InChI is InChI=1S/C14H19BrN2O2/c15-13-4-2-1-3-11(13)9-17-14(18)10-19-12-5-7-16-8-6-12/h1-4,12,16H,5-10H2,(H,17,18). The smallest absolute Gasteiger partial charge is 0.246 e. The largest absolute Gasteiger partial charge is 0.368 e. The number of amides is 1. The van der Waals surface area contributed by atoms with Gasteiger partial charge in [0, 0.05) is 11.0 Å². The minimum atomic E-state index is -0.0608. The molecule has 0 bridgehead atoms. The van der Waals surface area contributed by atoms with E-state index in [0.717, 1.165) is 36.0 Å². The first-order valence-corrected chi connectivity index (χ1v) is 7.37. The monoisotopic (exact) mass is 326 g/mol. The molecule has 0 saturated carbocycles. The van der Waals surface area contributed by atoms with Crippen LogP contribution in [-0.4, -0.2) is 31.7 Å². The molecule has 1 heterocycles. The van der Waals surface area contributed by atoms with Crippen molar-refractivity contribution in [3.63, 3.8) is 0 Å². The summed E-state index contributed by atoms with van der Waals surface area (Å²) in [6.07, 6.45) is 2.19. The molecule has 4 nitrogen and oxygen atoms in total. The summed E-state index contributed by atoms with van der Waals surface area (Å²) in [5.74, 6) is -0.0608. The number of nitrogens with one attached hydrogen (secondary N) is 2. The first-order chi connectivity index (χ1) is 9.25. The number of carbonyl (C=O) groups excluding carboxylic acids is 1. The van der Waals surface area contributed by atoms with Crippen LogP contribution in [0.5, 0.6) is 0 Å². The van der Waals surface area contributed by atoms with Crippen LogP contribution in [0.3, 0.4) is 0 Å². The SMILES string of the molecule is O=C(COC1CCNCC1)NCc1ccccc1Br. The molecule has 2 N–H and O–H groups in total. The second kappa shape index (κ2) is 7.62. The molecule has 5 heteroatoms. The Morgan fingerprint density at radius 2 is 2.11 bits per heavy atom. The van der Waals surface area contributed by atoms with E-state index in [4.69, 9.17) is 4.74 Å². The van der Waals surface area contributed by atoms with Gasteiger partial charge in [0.25, 0.3) is 0 Å². The van der Waals surface area contributed by atoms with Crippen LogP contribution in [0.1, 0.15) is 18.4 Å². The Bertz CT molecular complexity index is 420. The van der Waals surface area contributed by atoms with E-state index in [0.29, 0.717) is 6.54 Å². The van der Waals surface area contributed by atoms with Crippen LogP contribution >= 0.6 is 15.9 Å². The molecular formula is C14H19BrN2O2. The maximum atomic E-state index is 11.7. The average molecular weight is 327 g/mol. The number of carbonyl (C=O) groups is 1. The van der Waals surface area contributed by atoms with Gasteiger partial charge in [0.2, 0.25) is 5.91 Å². The molecule has 1 aromatic rings. The van der Waals surface area contributed by atoms with Crippen LogP contribution in [0.4, 0.5) is 0 Å². The minimum Gasteiger partial charge on any atom is -0.368 e. The summed E-state index contributed by atoms with van der Waals surface area (Å²) in [7, 11) is 0. The highest BCUT2D eigenvalue weighted by Crippen LogP contribution is 2.15. The topological polar surface area (TPSA) is 50.4 Å². The molecule has 1 fully saturated rings. The van der Waals surface area contributed by atoms with Crippen LogP contribution in [0.25, 0.3) is 0 Å². The molecule has 1 aliphatic rings. The van der Waals surface area contributed by atoms with Gasteiger partial charge in [-0.2, -0.15) is 0 Å². The number of halogens is 1. The highest BCUT2D eigenvalue weighted by atomic mass is 79.9. The third-order valence-electron chi connectivity index (χ3n) is 3.17. The number of hydrogen-bond donors (Lipinski definition) is 2. The fraction of sp³-hybridized carbons (Fsp3) is 0.500. The van der Waals surface area contributed by atoms with Gasteiger partial charge >= 0.3 is 0 Å². The van der Waals surface area contributed by atoms with E-state index in [9.17, 15) is 4.79 Å². The lowest BCUT2D eigenvalue weighted by Crippen LogP contribution is -2.35. The summed E-state index contributed by atoms with van der Waals surface area (Å²) in [4.78, 5) is 11.7. The lowest BCUT2D eigenvalue weighted by atomic mass is 10.1. The zero-order chi connectivity index (χ0) is 13.5. The number of piperidine rings is 1. The van der Waals surface area contributed by atoms with Gasteiger partial charge in [-0.05, 0) is 37.6 Å². The van der Waals surface area contributed by atoms with Crippen LogP contribution in [0.15, 0.2) is 28.7 Å². The summed E-state index contributed by atoms with van der Waals surface area (Å²) in [6.45, 7) is 2.62. The van der Waals surface area contributed by atoms with Crippen molar-refractivity contribution in [2.45, 2.75) is 25.5 Å². The molecule has 0 unspecified atom stereocenters. The Labute approximate surface area is 122 Å². The van der Waals surface area contributed by atoms with E-state index in [-0.39, 0.29) is 18.6 Å². The average Bonchev–Trinajstić information content (AvgIpc) is 2.45. The lowest BCUT2D eigenvalue weighted by molar-refractivity contribution is -0.128. The fourth-order valence-corrected chi connectivity index (χ4v) is 2.47. The Morgan fingerprint density at radius 1 is 1.37 bits per heavy atom. The zero-order valence-corrected chi connectivity index (χ0v) is 12.4. The number of ether oxygens (including phenoxy) is 1. The molecule has 104 valence electrons. The molecule has 1 saturated heterocycles. The number of benzene rings is 1. The first kappa shape index (κ1) is 14.5. The van der Waals surface area contributed by atoms with Gasteiger partial charge < -0.3 is 15.4 Å². The Kier molecular flexibility index (Phi) is 5.82. The van der Waals surface area contributed by atoms with Crippen molar-refractivity contribution in [1.29, 1.82) is 0 Å². The molecule has 0 aliphatic carbocycles. The number of hydrogen-bond acceptors (Lipinski definition) is 3. The van der Waals surface area contributed by atoms with Crippen molar-refractivity contribution in [1.82, 2.24) is 10.6 Å².